The molecule has 0 aliphatic rings. The van der Waals surface area contributed by atoms with Gasteiger partial charge in [-0.2, -0.15) is 0 Å². The number of carbonyl (C=O) groups is 1. The maximum Gasteiger partial charge on any atom is 0.258 e. The molecule has 0 bridgehead atoms. The van der Waals surface area contributed by atoms with E-state index in [1.807, 2.05) is 72.8 Å². The fourth-order valence-electron chi connectivity index (χ4n) is 3.89. The number of nitrogens with one attached hydrogen (secondary N) is 2. The van der Waals surface area contributed by atoms with Gasteiger partial charge in [0.15, 0.2) is 12.7 Å². The Labute approximate surface area is 201 Å². The molecule has 0 fully saturated rings. The van der Waals surface area contributed by atoms with E-state index in [-0.39, 0.29) is 18.3 Å². The highest BCUT2D eigenvalue weighted by atomic mass is 35.5. The largest absolute Gasteiger partial charge is 1.00 e. The Balaban J connectivity index is 0.00000306. The Kier molecular flexibility index (Phi) is 8.39. The molecular formula is C27H25ClN3OP. The van der Waals surface area contributed by atoms with Gasteiger partial charge >= 0.3 is 0 Å². The minimum atomic E-state index is -2.47. The summed E-state index contributed by atoms with van der Waals surface area (Å²) in [5.41, 5.74) is 4.01. The monoisotopic (exact) mass is 473 g/mol. The number of nitrogens with two attached hydrogens (primary N) is 1. The fourth-order valence-corrected chi connectivity index (χ4v) is 8.02. The molecule has 6 heteroatoms. The van der Waals surface area contributed by atoms with E-state index in [1.54, 1.807) is 18.3 Å². The van der Waals surface area contributed by atoms with E-state index >= 15 is 0 Å². The third kappa shape index (κ3) is 4.99. The molecule has 0 saturated heterocycles. The zero-order valence-electron chi connectivity index (χ0n) is 17.9. The summed E-state index contributed by atoms with van der Waals surface area (Å²) in [4.78, 5) is 13.3. The summed E-state index contributed by atoms with van der Waals surface area (Å²) in [5, 5.41) is 6.55. The third-order valence-corrected chi connectivity index (χ3v) is 9.47. The number of hydrazine groups is 1. The zero-order chi connectivity index (χ0) is 22.2. The van der Waals surface area contributed by atoms with Crippen LogP contribution in [0.5, 0.6) is 0 Å². The minimum Gasteiger partial charge on any atom is -1.00 e. The number of carbonyl (C=O) groups excluding carboxylic acids is 1. The van der Waals surface area contributed by atoms with Gasteiger partial charge in [0, 0.05) is 5.56 Å². The highest BCUT2D eigenvalue weighted by molar-refractivity contribution is 7.99. The Hall–Kier alpha value is -3.43. The molecule has 0 radical (unpaired) electrons. The normalized spacial score (nSPS) is 11.2. The van der Waals surface area contributed by atoms with Gasteiger partial charge in [0.25, 0.3) is 5.91 Å². The first-order valence-electron chi connectivity index (χ1n) is 10.4. The minimum absolute atomic E-state index is 0. The molecular weight excluding hydrogens is 449 g/mol. The van der Waals surface area contributed by atoms with Crippen LogP contribution in [0.2, 0.25) is 0 Å². The van der Waals surface area contributed by atoms with Crippen molar-refractivity contribution in [1.29, 1.82) is 0 Å². The smallest absolute Gasteiger partial charge is 0.258 e. The van der Waals surface area contributed by atoms with Crippen molar-refractivity contribution < 1.29 is 17.2 Å². The van der Waals surface area contributed by atoms with Gasteiger partial charge in [-0.05, 0) is 48.5 Å². The number of hydrogen-bond donors (Lipinski definition) is 3. The van der Waals surface area contributed by atoms with Crippen LogP contribution in [0.3, 0.4) is 0 Å². The van der Waals surface area contributed by atoms with Gasteiger partial charge in [0.2, 0.25) is 0 Å². The van der Waals surface area contributed by atoms with Gasteiger partial charge in [0.05, 0.1) is 6.20 Å². The first kappa shape index (κ1) is 24.2. The van der Waals surface area contributed by atoms with E-state index in [1.165, 1.54) is 0 Å². The molecule has 1 amide bonds. The van der Waals surface area contributed by atoms with Crippen molar-refractivity contribution in [3.05, 3.63) is 139 Å². The average Bonchev–Trinajstić information content (AvgIpc) is 2.87. The lowest BCUT2D eigenvalue weighted by molar-refractivity contribution is -0.0000145. The molecule has 0 spiro atoms. The highest BCUT2D eigenvalue weighted by Crippen LogP contribution is 2.61. The fraction of sp³-hybridized carbons (Fsp3) is 0. The second-order valence-electron chi connectivity index (χ2n) is 7.19. The van der Waals surface area contributed by atoms with Crippen LogP contribution in [-0.4, -0.2) is 5.91 Å². The van der Waals surface area contributed by atoms with Gasteiger partial charge in [-0.15, -0.1) is 0 Å². The van der Waals surface area contributed by atoms with Crippen molar-refractivity contribution in [2.24, 2.45) is 5.84 Å². The van der Waals surface area contributed by atoms with Gasteiger partial charge in [0.1, 0.15) is 15.9 Å². The van der Waals surface area contributed by atoms with E-state index in [0.717, 1.165) is 21.4 Å². The molecule has 0 atom stereocenters. The number of hydrogen-bond acceptors (Lipinski definition) is 3. The highest BCUT2D eigenvalue weighted by Gasteiger charge is 2.50. The molecule has 0 heterocycles. The second kappa shape index (κ2) is 11.4. The summed E-state index contributed by atoms with van der Waals surface area (Å²) in [6.07, 6.45) is 1.71. The summed E-state index contributed by atoms with van der Waals surface area (Å²) in [5.74, 6) is 5.63. The van der Waals surface area contributed by atoms with Gasteiger partial charge in [-0.25, -0.2) is 0 Å². The Morgan fingerprint density at radius 1 is 0.636 bits per heavy atom. The Morgan fingerprint density at radius 3 is 1.36 bits per heavy atom. The Morgan fingerprint density at radius 2 is 1.00 bits per heavy atom. The van der Waals surface area contributed by atoms with E-state index in [4.69, 9.17) is 5.84 Å². The first-order chi connectivity index (χ1) is 15.8. The summed E-state index contributed by atoms with van der Waals surface area (Å²) in [6, 6.07) is 40.1. The maximum atomic E-state index is 13.3. The number of benzene rings is 4. The summed E-state index contributed by atoms with van der Waals surface area (Å²) < 4.78 is 0. The first-order valence-corrected chi connectivity index (χ1v) is 12.1. The van der Waals surface area contributed by atoms with Crippen LogP contribution in [0.1, 0.15) is 10.4 Å². The summed E-state index contributed by atoms with van der Waals surface area (Å²) >= 11 is 0. The van der Waals surface area contributed by atoms with Crippen molar-refractivity contribution in [1.82, 2.24) is 10.7 Å². The second-order valence-corrected chi connectivity index (χ2v) is 10.6. The molecule has 4 aromatic rings. The van der Waals surface area contributed by atoms with Crippen molar-refractivity contribution >= 4 is 29.1 Å². The van der Waals surface area contributed by atoms with Crippen molar-refractivity contribution in [2.45, 2.75) is 0 Å². The number of amides is 1. The molecule has 0 aliphatic heterocycles. The molecule has 33 heavy (non-hydrogen) atoms. The van der Waals surface area contributed by atoms with Gasteiger partial charge in [-0.3, -0.25) is 16.0 Å². The SMILES string of the molecule is NN/C=C(/NC(=O)c1ccccc1)[P+](c1ccccc1)(c1ccccc1)c1ccccc1.[Cl-]. The van der Waals surface area contributed by atoms with Crippen molar-refractivity contribution in [2.75, 3.05) is 0 Å². The molecule has 166 valence electrons. The number of rotatable bonds is 7. The molecule has 0 aliphatic carbocycles. The maximum absolute atomic E-state index is 13.3. The number of halogens is 1. The van der Waals surface area contributed by atoms with E-state index in [2.05, 4.69) is 47.1 Å². The molecule has 4 nitrogen and oxygen atoms in total. The lowest BCUT2D eigenvalue weighted by Crippen LogP contribution is -3.00. The quantitative estimate of drug-likeness (QED) is 0.210. The lowest BCUT2D eigenvalue weighted by atomic mass is 10.2. The van der Waals surface area contributed by atoms with E-state index < -0.39 is 7.26 Å². The lowest BCUT2D eigenvalue weighted by Gasteiger charge is -2.29. The average molecular weight is 474 g/mol. The van der Waals surface area contributed by atoms with Crippen LogP contribution in [0.25, 0.3) is 0 Å². The molecule has 0 unspecified atom stereocenters. The van der Waals surface area contributed by atoms with Crippen LogP contribution < -0.4 is 44.9 Å². The molecule has 0 saturated carbocycles. The molecule has 0 aromatic heterocycles. The third-order valence-electron chi connectivity index (χ3n) is 5.29. The van der Waals surface area contributed by atoms with Gasteiger partial charge < -0.3 is 17.8 Å². The van der Waals surface area contributed by atoms with Gasteiger partial charge in [-0.1, -0.05) is 72.8 Å². The van der Waals surface area contributed by atoms with Crippen molar-refractivity contribution in [3.63, 3.8) is 0 Å². The van der Waals surface area contributed by atoms with Crippen LogP contribution >= 0.6 is 7.26 Å². The van der Waals surface area contributed by atoms with Crippen LogP contribution in [0.15, 0.2) is 133 Å². The summed E-state index contributed by atoms with van der Waals surface area (Å²) in [7, 11) is -2.47. The molecule has 4 N–H and O–H groups in total. The topological polar surface area (TPSA) is 67.2 Å². The van der Waals surface area contributed by atoms with Crippen molar-refractivity contribution in [3.8, 4) is 0 Å². The van der Waals surface area contributed by atoms with E-state index in [0.29, 0.717) is 5.56 Å². The predicted molar refractivity (Wildman–Crippen MR) is 134 cm³/mol. The standard InChI is InChI=1S/C27H24N3OP.ClH/c28-29-21-26(30-27(31)22-13-5-1-6-14-22)32(23-15-7-2-8-16-23,24-17-9-3-10-18-24)25-19-11-4-12-20-25;/h1-21,29H,28H2;1H/b26-21-;. The zero-order valence-corrected chi connectivity index (χ0v) is 19.6. The molecule has 4 aromatic carbocycles. The van der Waals surface area contributed by atoms with Crippen LogP contribution in [0.4, 0.5) is 0 Å². The van der Waals surface area contributed by atoms with Crippen LogP contribution in [-0.2, 0) is 0 Å². The molecule has 4 rings (SSSR count). The summed E-state index contributed by atoms with van der Waals surface area (Å²) in [6.45, 7) is 0. The Bertz CT molecular complexity index is 1090. The van der Waals surface area contributed by atoms with Crippen LogP contribution in [0, 0.1) is 0 Å². The predicted octanol–water partition coefficient (Wildman–Crippen LogP) is 0.677. The van der Waals surface area contributed by atoms with E-state index in [9.17, 15) is 4.79 Å².